The third-order valence-corrected chi connectivity index (χ3v) is 5.04. The summed E-state index contributed by atoms with van der Waals surface area (Å²) in [5, 5.41) is 2.87. The monoisotopic (exact) mass is 389 g/mol. The second kappa shape index (κ2) is 10.8. The van der Waals surface area contributed by atoms with Gasteiger partial charge >= 0.3 is 5.97 Å². The van der Waals surface area contributed by atoms with Crippen molar-refractivity contribution in [2.45, 2.75) is 33.6 Å². The minimum atomic E-state index is -0.133. The molecule has 7 nitrogen and oxygen atoms in total. The summed E-state index contributed by atoms with van der Waals surface area (Å²) in [6.07, 6.45) is 1.43. The van der Waals surface area contributed by atoms with E-state index < -0.39 is 0 Å². The molecule has 154 valence electrons. The van der Waals surface area contributed by atoms with Crippen LogP contribution in [0.5, 0.6) is 0 Å². The number of carbonyl (C=O) groups is 3. The summed E-state index contributed by atoms with van der Waals surface area (Å²) in [4.78, 5) is 40.2. The molecular weight excluding hydrogens is 358 g/mol. The molecule has 1 aliphatic rings. The second-order valence-electron chi connectivity index (χ2n) is 6.91. The third kappa shape index (κ3) is 6.05. The minimum Gasteiger partial charge on any atom is -0.466 e. The summed E-state index contributed by atoms with van der Waals surface area (Å²) >= 11 is 0. The van der Waals surface area contributed by atoms with Crippen LogP contribution in [-0.4, -0.2) is 66.9 Å². The van der Waals surface area contributed by atoms with Crippen LogP contribution >= 0.6 is 0 Å². The number of ether oxygens (including phenoxy) is 1. The maximum Gasteiger partial charge on any atom is 0.309 e. The van der Waals surface area contributed by atoms with E-state index in [1.165, 1.54) is 0 Å². The quantitative estimate of drug-likeness (QED) is 0.691. The van der Waals surface area contributed by atoms with Gasteiger partial charge in [-0.1, -0.05) is 0 Å². The molecule has 7 heteroatoms. The van der Waals surface area contributed by atoms with E-state index in [1.807, 2.05) is 25.7 Å². The number of piperidine rings is 1. The largest absolute Gasteiger partial charge is 0.466 e. The summed E-state index contributed by atoms with van der Waals surface area (Å²) in [5.41, 5.74) is 1.28. The average molecular weight is 389 g/mol. The van der Waals surface area contributed by atoms with Gasteiger partial charge < -0.3 is 15.0 Å². The van der Waals surface area contributed by atoms with Crippen LogP contribution in [0.4, 0.5) is 5.69 Å². The van der Waals surface area contributed by atoms with Gasteiger partial charge in [0.05, 0.1) is 19.1 Å². The molecule has 1 N–H and O–H groups in total. The molecule has 28 heavy (non-hydrogen) atoms. The van der Waals surface area contributed by atoms with Gasteiger partial charge in [-0.25, -0.2) is 0 Å². The van der Waals surface area contributed by atoms with Crippen molar-refractivity contribution in [3.63, 3.8) is 0 Å². The van der Waals surface area contributed by atoms with Crippen LogP contribution in [0.25, 0.3) is 0 Å². The number of esters is 1. The first-order valence-corrected chi connectivity index (χ1v) is 10.1. The van der Waals surface area contributed by atoms with Gasteiger partial charge in [-0.2, -0.15) is 0 Å². The summed E-state index contributed by atoms with van der Waals surface area (Å²) in [6, 6.07) is 6.98. The molecule has 1 aromatic rings. The Morgan fingerprint density at radius 3 is 2.21 bits per heavy atom. The Kier molecular flexibility index (Phi) is 8.44. The first-order valence-electron chi connectivity index (χ1n) is 10.1. The van der Waals surface area contributed by atoms with Crippen molar-refractivity contribution >= 4 is 23.5 Å². The second-order valence-corrected chi connectivity index (χ2v) is 6.91. The summed E-state index contributed by atoms with van der Waals surface area (Å²) < 4.78 is 5.07. The molecule has 0 aliphatic carbocycles. The Balaban J connectivity index is 1.81. The number of nitrogens with zero attached hydrogens (tertiary/aromatic N) is 2. The van der Waals surface area contributed by atoms with Gasteiger partial charge in [0, 0.05) is 24.3 Å². The highest BCUT2D eigenvalue weighted by Gasteiger charge is 2.26. The SMILES string of the molecule is CCOC(=O)C1CCN(CC(=O)Nc2ccc(C(=O)N(CC)CC)cc2)CC1. The van der Waals surface area contributed by atoms with Crippen molar-refractivity contribution < 1.29 is 19.1 Å². The summed E-state index contributed by atoms with van der Waals surface area (Å²) in [7, 11) is 0. The van der Waals surface area contributed by atoms with E-state index >= 15 is 0 Å². The van der Waals surface area contributed by atoms with Crippen molar-refractivity contribution in [1.29, 1.82) is 0 Å². The Morgan fingerprint density at radius 2 is 1.68 bits per heavy atom. The fourth-order valence-electron chi connectivity index (χ4n) is 3.38. The topological polar surface area (TPSA) is 79.0 Å². The molecule has 1 aromatic carbocycles. The zero-order chi connectivity index (χ0) is 20.5. The van der Waals surface area contributed by atoms with E-state index in [0.29, 0.717) is 56.9 Å². The maximum absolute atomic E-state index is 12.3. The molecule has 0 saturated carbocycles. The molecule has 2 rings (SSSR count). The molecule has 0 atom stereocenters. The summed E-state index contributed by atoms with van der Waals surface area (Å²) in [5.74, 6) is -0.300. The first kappa shape index (κ1) is 21.9. The van der Waals surface area contributed by atoms with Crippen LogP contribution in [0.1, 0.15) is 44.0 Å². The van der Waals surface area contributed by atoms with Gasteiger partial charge in [-0.15, -0.1) is 0 Å². The highest BCUT2D eigenvalue weighted by atomic mass is 16.5. The lowest BCUT2D eigenvalue weighted by atomic mass is 9.97. The van der Waals surface area contributed by atoms with Gasteiger partial charge in [0.1, 0.15) is 0 Å². The lowest BCUT2D eigenvalue weighted by molar-refractivity contribution is -0.149. The van der Waals surface area contributed by atoms with Crippen molar-refractivity contribution in [2.75, 3.05) is 44.6 Å². The molecule has 1 saturated heterocycles. The van der Waals surface area contributed by atoms with Crippen LogP contribution in [0.2, 0.25) is 0 Å². The molecule has 0 spiro atoms. The van der Waals surface area contributed by atoms with Crippen LogP contribution < -0.4 is 5.32 Å². The highest BCUT2D eigenvalue weighted by molar-refractivity contribution is 5.96. The van der Waals surface area contributed by atoms with Gasteiger partial charge in [0.25, 0.3) is 5.91 Å². The highest BCUT2D eigenvalue weighted by Crippen LogP contribution is 2.19. The molecule has 1 fully saturated rings. The number of carbonyl (C=O) groups excluding carboxylic acids is 3. The zero-order valence-corrected chi connectivity index (χ0v) is 17.1. The molecule has 0 radical (unpaired) electrons. The van der Waals surface area contributed by atoms with E-state index in [-0.39, 0.29) is 30.2 Å². The predicted molar refractivity (Wildman–Crippen MR) is 108 cm³/mol. The van der Waals surface area contributed by atoms with Gasteiger partial charge in [-0.05, 0) is 71.0 Å². The smallest absolute Gasteiger partial charge is 0.309 e. The zero-order valence-electron chi connectivity index (χ0n) is 17.1. The average Bonchev–Trinajstić information content (AvgIpc) is 2.70. The number of nitrogens with one attached hydrogen (secondary N) is 1. The van der Waals surface area contributed by atoms with E-state index in [2.05, 4.69) is 5.32 Å². The van der Waals surface area contributed by atoms with E-state index in [9.17, 15) is 14.4 Å². The Morgan fingerprint density at radius 1 is 1.07 bits per heavy atom. The normalized spacial score (nSPS) is 15.1. The van der Waals surface area contributed by atoms with E-state index in [4.69, 9.17) is 4.74 Å². The van der Waals surface area contributed by atoms with Crippen molar-refractivity contribution in [3.8, 4) is 0 Å². The fourth-order valence-corrected chi connectivity index (χ4v) is 3.38. The first-order chi connectivity index (χ1) is 13.5. The van der Waals surface area contributed by atoms with E-state index in [0.717, 1.165) is 0 Å². The van der Waals surface area contributed by atoms with Crippen LogP contribution in [-0.2, 0) is 14.3 Å². The van der Waals surface area contributed by atoms with Gasteiger partial charge in [-0.3, -0.25) is 19.3 Å². The molecule has 0 bridgehead atoms. The standard InChI is InChI=1S/C21H31N3O4/c1-4-24(5-2)20(26)16-7-9-18(10-8-16)22-19(25)15-23-13-11-17(12-14-23)21(27)28-6-3/h7-10,17H,4-6,11-15H2,1-3H3,(H,22,25). The van der Waals surface area contributed by atoms with Crippen molar-refractivity contribution in [2.24, 2.45) is 5.92 Å². The van der Waals surface area contributed by atoms with E-state index in [1.54, 1.807) is 29.2 Å². The molecule has 0 aromatic heterocycles. The number of benzene rings is 1. The predicted octanol–water partition coefficient (Wildman–Crippen LogP) is 2.38. The Bertz CT molecular complexity index is 663. The van der Waals surface area contributed by atoms with Gasteiger partial charge in [0.15, 0.2) is 0 Å². The molecule has 1 heterocycles. The number of hydrogen-bond donors (Lipinski definition) is 1. The molecule has 0 unspecified atom stereocenters. The molecule has 1 aliphatic heterocycles. The molecular formula is C21H31N3O4. The number of rotatable bonds is 8. The van der Waals surface area contributed by atoms with Crippen molar-refractivity contribution in [1.82, 2.24) is 9.80 Å². The third-order valence-electron chi connectivity index (χ3n) is 5.04. The maximum atomic E-state index is 12.3. The number of hydrogen-bond acceptors (Lipinski definition) is 5. The lowest BCUT2D eigenvalue weighted by Gasteiger charge is -2.30. The Hall–Kier alpha value is -2.41. The fraction of sp³-hybridized carbons (Fsp3) is 0.571. The molecule has 2 amide bonds. The minimum absolute atomic E-state index is 0.00709. The number of amides is 2. The van der Waals surface area contributed by atoms with Gasteiger partial charge in [0.2, 0.25) is 5.91 Å². The van der Waals surface area contributed by atoms with Crippen LogP contribution in [0.3, 0.4) is 0 Å². The van der Waals surface area contributed by atoms with Crippen LogP contribution in [0.15, 0.2) is 24.3 Å². The summed E-state index contributed by atoms with van der Waals surface area (Å²) in [6.45, 7) is 9.14. The number of anilines is 1. The lowest BCUT2D eigenvalue weighted by Crippen LogP contribution is -2.41. The Labute approximate surface area is 167 Å². The van der Waals surface area contributed by atoms with Crippen LogP contribution in [0, 0.1) is 5.92 Å². The number of likely N-dealkylation sites (tertiary alicyclic amines) is 1. The van der Waals surface area contributed by atoms with Crippen molar-refractivity contribution in [3.05, 3.63) is 29.8 Å².